The first-order valence-corrected chi connectivity index (χ1v) is 9.75. The third kappa shape index (κ3) is 3.54. The van der Waals surface area contributed by atoms with Crippen LogP contribution in [0.5, 0.6) is 0 Å². The van der Waals surface area contributed by atoms with Gasteiger partial charge in [-0.3, -0.25) is 4.79 Å². The van der Waals surface area contributed by atoms with Crippen LogP contribution >= 0.6 is 0 Å². The minimum atomic E-state index is 0.164. The van der Waals surface area contributed by atoms with Crippen LogP contribution in [0, 0.1) is 23.2 Å². The number of hydrogen-bond acceptors (Lipinski definition) is 1. The first-order valence-electron chi connectivity index (χ1n) is 9.75. The summed E-state index contributed by atoms with van der Waals surface area (Å²) in [4.78, 5) is 12.8. The lowest BCUT2D eigenvalue weighted by atomic mass is 9.48. The van der Waals surface area contributed by atoms with E-state index in [0.29, 0.717) is 5.78 Å². The van der Waals surface area contributed by atoms with E-state index in [1.807, 2.05) is 0 Å². The molecular weight excluding hydrogens is 256 g/mol. The molecule has 21 heavy (non-hydrogen) atoms. The summed E-state index contributed by atoms with van der Waals surface area (Å²) < 4.78 is 0. The highest BCUT2D eigenvalue weighted by molar-refractivity contribution is 5.85. The third-order valence-corrected chi connectivity index (χ3v) is 6.64. The smallest absolute Gasteiger partial charge is 0.139 e. The molecule has 4 saturated carbocycles. The van der Waals surface area contributed by atoms with Crippen LogP contribution < -0.4 is 0 Å². The van der Waals surface area contributed by atoms with Crippen LogP contribution in [0.1, 0.15) is 96.8 Å². The molecule has 0 aliphatic heterocycles. The topological polar surface area (TPSA) is 17.1 Å². The van der Waals surface area contributed by atoms with Crippen molar-refractivity contribution in [3.8, 4) is 0 Å². The van der Waals surface area contributed by atoms with E-state index >= 15 is 0 Å². The molecule has 4 bridgehead atoms. The van der Waals surface area contributed by atoms with E-state index in [0.717, 1.165) is 30.6 Å². The molecule has 0 radical (unpaired) electrons. The van der Waals surface area contributed by atoms with E-state index in [-0.39, 0.29) is 5.41 Å². The summed E-state index contributed by atoms with van der Waals surface area (Å²) in [5, 5.41) is 0. The summed E-state index contributed by atoms with van der Waals surface area (Å²) >= 11 is 0. The van der Waals surface area contributed by atoms with Gasteiger partial charge >= 0.3 is 0 Å². The Bertz CT molecular complexity index is 322. The van der Waals surface area contributed by atoms with E-state index in [9.17, 15) is 4.79 Å². The first kappa shape index (κ1) is 15.6. The summed E-state index contributed by atoms with van der Waals surface area (Å²) in [5.74, 6) is 3.40. The van der Waals surface area contributed by atoms with E-state index < -0.39 is 0 Å². The minimum Gasteiger partial charge on any atom is -0.299 e. The Labute approximate surface area is 131 Å². The Morgan fingerprint density at radius 2 is 1.29 bits per heavy atom. The van der Waals surface area contributed by atoms with Gasteiger partial charge in [-0.25, -0.2) is 0 Å². The molecule has 0 aromatic carbocycles. The van der Waals surface area contributed by atoms with Crippen LogP contribution in [-0.4, -0.2) is 5.78 Å². The zero-order valence-electron chi connectivity index (χ0n) is 14.0. The van der Waals surface area contributed by atoms with Crippen molar-refractivity contribution in [1.29, 1.82) is 0 Å². The van der Waals surface area contributed by atoms with Gasteiger partial charge in [-0.15, -0.1) is 0 Å². The number of carbonyl (C=O) groups is 1. The van der Waals surface area contributed by atoms with Gasteiger partial charge in [0.1, 0.15) is 5.78 Å². The molecule has 0 saturated heterocycles. The van der Waals surface area contributed by atoms with E-state index in [4.69, 9.17) is 0 Å². The highest BCUT2D eigenvalue weighted by atomic mass is 16.1. The van der Waals surface area contributed by atoms with E-state index in [2.05, 4.69) is 6.92 Å². The van der Waals surface area contributed by atoms with E-state index in [1.165, 1.54) is 77.0 Å². The molecule has 0 N–H and O–H groups in total. The van der Waals surface area contributed by atoms with Crippen molar-refractivity contribution < 1.29 is 4.79 Å². The lowest BCUT2D eigenvalue weighted by Crippen LogP contribution is -2.49. The molecule has 4 rings (SSSR count). The summed E-state index contributed by atoms with van der Waals surface area (Å²) in [6, 6.07) is 0. The lowest BCUT2D eigenvalue weighted by molar-refractivity contribution is -0.144. The summed E-state index contributed by atoms with van der Waals surface area (Å²) in [5.41, 5.74) is 0.164. The quantitative estimate of drug-likeness (QED) is 0.482. The van der Waals surface area contributed by atoms with Gasteiger partial charge in [0.25, 0.3) is 0 Å². The van der Waals surface area contributed by atoms with Crippen molar-refractivity contribution in [2.75, 3.05) is 0 Å². The van der Waals surface area contributed by atoms with Gasteiger partial charge in [0, 0.05) is 11.8 Å². The van der Waals surface area contributed by atoms with Crippen molar-refractivity contribution in [2.45, 2.75) is 96.8 Å². The molecule has 0 amide bonds. The number of unbranched alkanes of at least 4 members (excludes halogenated alkanes) is 6. The van der Waals surface area contributed by atoms with Crippen molar-refractivity contribution in [3.63, 3.8) is 0 Å². The average Bonchev–Trinajstić information content (AvgIpc) is 2.44. The zero-order chi connectivity index (χ0) is 14.7. The molecule has 0 aromatic heterocycles. The number of rotatable bonds is 9. The van der Waals surface area contributed by atoms with Gasteiger partial charge in [0.2, 0.25) is 0 Å². The Kier molecular flexibility index (Phi) is 5.07. The van der Waals surface area contributed by atoms with Crippen molar-refractivity contribution in [2.24, 2.45) is 23.2 Å². The molecule has 4 aliphatic carbocycles. The highest BCUT2D eigenvalue weighted by Crippen LogP contribution is 2.60. The molecule has 4 fully saturated rings. The Morgan fingerprint density at radius 1 is 0.810 bits per heavy atom. The second-order valence-electron chi connectivity index (χ2n) is 8.49. The van der Waals surface area contributed by atoms with Gasteiger partial charge in [0.05, 0.1) is 0 Å². The van der Waals surface area contributed by atoms with Crippen LogP contribution in [0.4, 0.5) is 0 Å². The maximum absolute atomic E-state index is 12.8. The van der Waals surface area contributed by atoms with Gasteiger partial charge in [0.15, 0.2) is 0 Å². The third-order valence-electron chi connectivity index (χ3n) is 6.64. The van der Waals surface area contributed by atoms with Crippen LogP contribution in [0.3, 0.4) is 0 Å². The highest BCUT2D eigenvalue weighted by Gasteiger charge is 2.53. The number of carbonyl (C=O) groups excluding carboxylic acids is 1. The Morgan fingerprint density at radius 3 is 1.81 bits per heavy atom. The maximum Gasteiger partial charge on any atom is 0.139 e. The molecule has 0 aromatic rings. The molecular formula is C20H34O. The van der Waals surface area contributed by atoms with Crippen LogP contribution in [0.25, 0.3) is 0 Å². The monoisotopic (exact) mass is 290 g/mol. The van der Waals surface area contributed by atoms with Crippen LogP contribution in [0.2, 0.25) is 0 Å². The summed E-state index contributed by atoms with van der Waals surface area (Å²) in [7, 11) is 0. The second kappa shape index (κ2) is 6.84. The predicted octanol–water partition coefficient (Wildman–Crippen LogP) is 5.91. The predicted molar refractivity (Wildman–Crippen MR) is 88.2 cm³/mol. The number of ketones is 1. The largest absolute Gasteiger partial charge is 0.299 e. The summed E-state index contributed by atoms with van der Waals surface area (Å²) in [6.45, 7) is 2.27. The van der Waals surface area contributed by atoms with Crippen molar-refractivity contribution in [3.05, 3.63) is 0 Å². The van der Waals surface area contributed by atoms with Gasteiger partial charge in [-0.2, -0.15) is 0 Å². The first-order chi connectivity index (χ1) is 10.2. The SMILES string of the molecule is CCCCCCCCCC(=O)C12CC3CC(CC(C3)C1)C2. The van der Waals surface area contributed by atoms with E-state index in [1.54, 1.807) is 0 Å². The fraction of sp³-hybridized carbons (Fsp3) is 0.950. The van der Waals surface area contributed by atoms with Crippen molar-refractivity contribution in [1.82, 2.24) is 0 Å². The Balaban J connectivity index is 1.39. The second-order valence-corrected chi connectivity index (χ2v) is 8.49. The fourth-order valence-corrected chi connectivity index (χ4v) is 5.96. The molecule has 0 unspecified atom stereocenters. The van der Waals surface area contributed by atoms with Gasteiger partial charge in [-0.1, -0.05) is 45.4 Å². The molecule has 0 heterocycles. The maximum atomic E-state index is 12.8. The Hall–Kier alpha value is -0.330. The van der Waals surface area contributed by atoms with Gasteiger partial charge in [-0.05, 0) is 62.7 Å². The lowest BCUT2D eigenvalue weighted by Gasteiger charge is -2.56. The normalized spacial score (nSPS) is 37.1. The minimum absolute atomic E-state index is 0.164. The summed E-state index contributed by atoms with van der Waals surface area (Å²) in [6.07, 6.45) is 18.3. The molecule has 0 atom stereocenters. The molecule has 120 valence electrons. The zero-order valence-corrected chi connectivity index (χ0v) is 14.0. The standard InChI is InChI=1S/C20H34O/c1-2-3-4-5-6-7-8-9-19(21)20-13-16-10-17(14-20)12-18(11-16)15-20/h16-18H,2-15H2,1H3. The van der Waals surface area contributed by atoms with Crippen LogP contribution in [-0.2, 0) is 4.79 Å². The van der Waals surface area contributed by atoms with Crippen molar-refractivity contribution >= 4 is 5.78 Å². The molecule has 1 nitrogen and oxygen atoms in total. The average molecular weight is 290 g/mol. The van der Waals surface area contributed by atoms with Crippen LogP contribution in [0.15, 0.2) is 0 Å². The number of Topliss-reactive ketones (excluding diaryl/α,β-unsaturated/α-hetero) is 1. The van der Waals surface area contributed by atoms with Gasteiger partial charge < -0.3 is 0 Å². The fourth-order valence-electron chi connectivity index (χ4n) is 5.96. The molecule has 4 aliphatic rings. The number of hydrogen-bond donors (Lipinski definition) is 0. The molecule has 1 heteroatoms. The molecule has 0 spiro atoms.